The fraction of sp³-hybridized carbons (Fsp3) is 0.105. The van der Waals surface area contributed by atoms with Gasteiger partial charge in [-0.05, 0) is 11.6 Å². The normalized spacial score (nSPS) is 15.4. The molecular formula is C19H15N3O4S. The lowest BCUT2D eigenvalue weighted by molar-refractivity contribution is -0.385. The van der Waals surface area contributed by atoms with E-state index in [0.717, 1.165) is 16.1 Å². The largest absolute Gasteiger partial charge is 0.490 e. The Balaban J connectivity index is 1.69. The second-order valence-corrected chi connectivity index (χ2v) is 6.84. The van der Waals surface area contributed by atoms with Gasteiger partial charge < -0.3 is 15.4 Å². The van der Waals surface area contributed by atoms with Gasteiger partial charge in [0.25, 0.3) is 5.91 Å². The molecule has 27 heavy (non-hydrogen) atoms. The number of nitro benzene ring substituents is 1. The number of anilines is 1. The lowest BCUT2D eigenvalue weighted by Gasteiger charge is -2.26. The highest BCUT2D eigenvalue weighted by Gasteiger charge is 2.30. The molecule has 1 amide bonds. The summed E-state index contributed by atoms with van der Waals surface area (Å²) in [6.45, 7) is 0. The summed E-state index contributed by atoms with van der Waals surface area (Å²) in [4.78, 5) is 23.5. The molecule has 8 heteroatoms. The molecule has 0 unspecified atom stereocenters. The quantitative estimate of drug-likeness (QED) is 0.522. The smallest absolute Gasteiger partial charge is 0.311 e. The number of methoxy groups -OCH3 is 1. The van der Waals surface area contributed by atoms with Crippen LogP contribution in [0.25, 0.3) is 11.1 Å². The molecule has 1 aromatic heterocycles. The number of thiophene rings is 1. The van der Waals surface area contributed by atoms with Crippen molar-refractivity contribution >= 4 is 27.9 Å². The van der Waals surface area contributed by atoms with Gasteiger partial charge in [0.1, 0.15) is 11.2 Å². The first-order valence-electron chi connectivity index (χ1n) is 8.15. The van der Waals surface area contributed by atoms with E-state index in [1.165, 1.54) is 30.6 Å². The van der Waals surface area contributed by atoms with E-state index in [4.69, 9.17) is 4.74 Å². The predicted octanol–water partition coefficient (Wildman–Crippen LogP) is 4.19. The number of carbonyl (C=O) groups is 1. The van der Waals surface area contributed by atoms with Crippen LogP contribution in [0, 0.1) is 10.1 Å². The minimum Gasteiger partial charge on any atom is -0.490 e. The van der Waals surface area contributed by atoms with Crippen LogP contribution in [-0.4, -0.2) is 17.9 Å². The number of ether oxygens (including phenoxy) is 1. The van der Waals surface area contributed by atoms with Gasteiger partial charge >= 0.3 is 5.69 Å². The van der Waals surface area contributed by atoms with E-state index in [-0.39, 0.29) is 17.3 Å². The highest BCUT2D eigenvalue weighted by atomic mass is 32.1. The number of carbonyl (C=O) groups excluding carboxylic acids is 1. The lowest BCUT2D eigenvalue weighted by atomic mass is 10.0. The summed E-state index contributed by atoms with van der Waals surface area (Å²) < 4.78 is 5.03. The molecule has 1 atom stereocenters. The maximum Gasteiger partial charge on any atom is 0.311 e. The summed E-state index contributed by atoms with van der Waals surface area (Å²) in [5.74, 6) is -0.0404. The number of hydrogen-bond acceptors (Lipinski definition) is 6. The summed E-state index contributed by atoms with van der Waals surface area (Å²) in [5, 5.41) is 20.1. The molecule has 0 saturated heterocycles. The van der Waals surface area contributed by atoms with Crippen LogP contribution in [0.15, 0.2) is 53.9 Å². The molecule has 2 heterocycles. The van der Waals surface area contributed by atoms with E-state index < -0.39 is 11.1 Å². The van der Waals surface area contributed by atoms with E-state index in [9.17, 15) is 14.9 Å². The molecule has 0 aliphatic carbocycles. The Morgan fingerprint density at radius 2 is 1.93 bits per heavy atom. The van der Waals surface area contributed by atoms with Crippen LogP contribution in [0.1, 0.15) is 22.1 Å². The van der Waals surface area contributed by atoms with Crippen LogP contribution in [0.4, 0.5) is 10.7 Å². The SMILES string of the molecule is COc1ccc([C@H]2NC(=O)c3c(-c4ccccc4)csc3N2)cc1[N+](=O)[O-]. The number of benzene rings is 2. The van der Waals surface area contributed by atoms with Gasteiger partial charge in [-0.25, -0.2) is 0 Å². The first-order chi connectivity index (χ1) is 13.1. The molecule has 0 bridgehead atoms. The van der Waals surface area contributed by atoms with Crippen molar-refractivity contribution in [2.75, 3.05) is 12.4 Å². The summed E-state index contributed by atoms with van der Waals surface area (Å²) >= 11 is 1.44. The van der Waals surface area contributed by atoms with Crippen molar-refractivity contribution in [3.8, 4) is 16.9 Å². The Labute approximate surface area is 158 Å². The molecule has 0 saturated carbocycles. The zero-order chi connectivity index (χ0) is 19.0. The van der Waals surface area contributed by atoms with Crippen LogP contribution < -0.4 is 15.4 Å². The molecule has 2 aromatic carbocycles. The van der Waals surface area contributed by atoms with Crippen LogP contribution in [-0.2, 0) is 0 Å². The van der Waals surface area contributed by atoms with Crippen LogP contribution in [0.2, 0.25) is 0 Å². The number of nitrogens with one attached hydrogen (secondary N) is 2. The van der Waals surface area contributed by atoms with Gasteiger partial charge in [0.2, 0.25) is 0 Å². The number of fused-ring (bicyclic) bond motifs is 1. The first kappa shape index (κ1) is 17.0. The Morgan fingerprint density at radius 3 is 2.63 bits per heavy atom. The monoisotopic (exact) mass is 381 g/mol. The number of amides is 1. The van der Waals surface area contributed by atoms with Crippen molar-refractivity contribution in [1.29, 1.82) is 0 Å². The number of rotatable bonds is 4. The summed E-state index contributed by atoms with van der Waals surface area (Å²) in [7, 11) is 1.38. The third kappa shape index (κ3) is 3.00. The van der Waals surface area contributed by atoms with Gasteiger partial charge in [-0.1, -0.05) is 36.4 Å². The van der Waals surface area contributed by atoms with Crippen molar-refractivity contribution < 1.29 is 14.5 Å². The molecule has 1 aliphatic heterocycles. The van der Waals surface area contributed by atoms with E-state index in [0.29, 0.717) is 11.1 Å². The molecule has 136 valence electrons. The summed E-state index contributed by atoms with van der Waals surface area (Å²) in [6.07, 6.45) is -0.558. The average Bonchev–Trinajstić information content (AvgIpc) is 3.12. The van der Waals surface area contributed by atoms with Gasteiger partial charge in [-0.3, -0.25) is 14.9 Å². The van der Waals surface area contributed by atoms with Gasteiger partial charge in [-0.2, -0.15) is 0 Å². The zero-order valence-corrected chi connectivity index (χ0v) is 15.1. The Morgan fingerprint density at radius 1 is 1.15 bits per heavy atom. The topological polar surface area (TPSA) is 93.5 Å². The lowest BCUT2D eigenvalue weighted by Crippen LogP contribution is -2.38. The summed E-state index contributed by atoms with van der Waals surface area (Å²) in [6, 6.07) is 14.3. The highest BCUT2D eigenvalue weighted by Crippen LogP contribution is 2.40. The maximum absolute atomic E-state index is 12.8. The van der Waals surface area contributed by atoms with E-state index in [1.54, 1.807) is 6.07 Å². The maximum atomic E-state index is 12.8. The van der Waals surface area contributed by atoms with Crippen LogP contribution in [0.5, 0.6) is 5.75 Å². The van der Waals surface area contributed by atoms with Crippen molar-refractivity contribution in [3.63, 3.8) is 0 Å². The third-order valence-corrected chi connectivity index (χ3v) is 5.30. The fourth-order valence-electron chi connectivity index (χ4n) is 3.09. The molecular weight excluding hydrogens is 366 g/mol. The van der Waals surface area contributed by atoms with Crippen LogP contribution in [0.3, 0.4) is 0 Å². The molecule has 1 aliphatic rings. The van der Waals surface area contributed by atoms with Crippen LogP contribution >= 0.6 is 11.3 Å². The zero-order valence-electron chi connectivity index (χ0n) is 14.3. The molecule has 4 rings (SSSR count). The van der Waals surface area contributed by atoms with E-state index in [2.05, 4.69) is 10.6 Å². The van der Waals surface area contributed by atoms with Crippen molar-refractivity contribution in [3.05, 3.63) is 75.2 Å². The highest BCUT2D eigenvalue weighted by molar-refractivity contribution is 7.15. The average molecular weight is 381 g/mol. The van der Waals surface area contributed by atoms with Gasteiger partial charge in [0.15, 0.2) is 5.75 Å². The second kappa shape index (κ2) is 6.73. The van der Waals surface area contributed by atoms with Crippen molar-refractivity contribution in [2.24, 2.45) is 0 Å². The molecule has 7 nitrogen and oxygen atoms in total. The second-order valence-electron chi connectivity index (χ2n) is 5.96. The summed E-state index contributed by atoms with van der Waals surface area (Å²) in [5.41, 5.74) is 2.85. The number of nitro groups is 1. The Hall–Kier alpha value is -3.39. The standard InChI is InChI=1S/C19H15N3O4S/c1-26-15-8-7-12(9-14(15)22(24)25)17-20-18(23)16-13(10-27-19(16)21-17)11-5-3-2-4-6-11/h2-10,17,21H,1H3,(H,20,23)/t17-/m0/s1. The molecule has 0 fully saturated rings. The Kier molecular flexibility index (Phi) is 4.25. The van der Waals surface area contributed by atoms with Gasteiger partial charge in [-0.15, -0.1) is 11.3 Å². The Bertz CT molecular complexity index is 1030. The molecule has 0 radical (unpaired) electrons. The van der Waals surface area contributed by atoms with Crippen molar-refractivity contribution in [2.45, 2.75) is 6.17 Å². The van der Waals surface area contributed by atoms with Crippen molar-refractivity contribution in [1.82, 2.24) is 5.32 Å². The number of nitrogens with zero attached hydrogens (tertiary/aromatic N) is 1. The van der Waals surface area contributed by atoms with Gasteiger partial charge in [0, 0.05) is 22.6 Å². The minimum absolute atomic E-state index is 0.145. The van der Waals surface area contributed by atoms with E-state index in [1.807, 2.05) is 35.7 Å². The minimum atomic E-state index is -0.558. The molecule has 0 spiro atoms. The predicted molar refractivity (Wildman–Crippen MR) is 103 cm³/mol. The third-order valence-electron chi connectivity index (χ3n) is 4.39. The van der Waals surface area contributed by atoms with Gasteiger partial charge in [0.05, 0.1) is 17.6 Å². The fourth-order valence-corrected chi connectivity index (χ4v) is 4.08. The first-order valence-corrected chi connectivity index (χ1v) is 9.03. The molecule has 3 aromatic rings. The van der Waals surface area contributed by atoms with E-state index >= 15 is 0 Å². The number of hydrogen-bond donors (Lipinski definition) is 2. The molecule has 2 N–H and O–H groups in total.